The maximum Gasteiger partial charge on any atom is 0.164 e. The Morgan fingerprint density at radius 3 is 0.646 bits per heavy atom. The molecule has 0 aliphatic rings. The van der Waals surface area contributed by atoms with Gasteiger partial charge >= 0.3 is 0 Å². The van der Waals surface area contributed by atoms with Crippen molar-refractivity contribution in [3.63, 3.8) is 0 Å². The van der Waals surface area contributed by atoms with Crippen LogP contribution in [-0.2, 0) is 0 Å². The van der Waals surface area contributed by atoms with Gasteiger partial charge in [-0.2, -0.15) is 0 Å². The zero-order valence-electron chi connectivity index (χ0n) is 84.1. The van der Waals surface area contributed by atoms with Gasteiger partial charge in [-0.05, 0) is 161 Å². The van der Waals surface area contributed by atoms with Gasteiger partial charge in [-0.15, -0.1) is 0 Å². The van der Waals surface area contributed by atoms with Crippen LogP contribution in [-0.4, -0.2) is 44.9 Å². The third-order valence-electron chi connectivity index (χ3n) is 26.6. The summed E-state index contributed by atoms with van der Waals surface area (Å²) in [7, 11) is 0. The van der Waals surface area contributed by atoms with Gasteiger partial charge in [-0.1, -0.05) is 467 Å². The van der Waals surface area contributed by atoms with Crippen molar-refractivity contribution in [1.29, 1.82) is 0 Å². The van der Waals surface area contributed by atoms with Crippen LogP contribution in [0.5, 0.6) is 0 Å². The number of hydrogen-bond acceptors (Lipinski definition) is 12. The molecule has 6 heterocycles. The third kappa shape index (κ3) is 18.2. The number of nitrogens with zero attached hydrogens (tertiary/aromatic N) is 9. The van der Waals surface area contributed by atoms with E-state index in [1.54, 1.807) is 12.1 Å². The molecule has 12 nitrogen and oxygen atoms in total. The minimum Gasteiger partial charge on any atom is -0.456 e. The van der Waals surface area contributed by atoms with E-state index in [4.69, 9.17) is 65.0 Å². The van der Waals surface area contributed by atoms with Crippen LogP contribution in [0, 0.1) is 0 Å². The lowest BCUT2D eigenvalue weighted by molar-refractivity contribution is 0.668. The summed E-state index contributed by atoms with van der Waals surface area (Å²) >= 11 is 0. The second-order valence-electron chi connectivity index (χ2n) is 35.8. The predicted molar refractivity (Wildman–Crippen MR) is 599 cm³/mol. The van der Waals surface area contributed by atoms with E-state index in [9.17, 15) is 0 Å². The molecule has 0 N–H and O–H groups in total. The van der Waals surface area contributed by atoms with Crippen LogP contribution in [0.15, 0.2) is 541 Å². The van der Waals surface area contributed by atoms with Crippen molar-refractivity contribution in [2.75, 3.05) is 0 Å². The number of benzene rings is 21. The fourth-order valence-electron chi connectivity index (χ4n) is 19.3. The van der Waals surface area contributed by atoms with E-state index >= 15 is 0 Å². The number of aromatic nitrogens is 9. The maximum atomic E-state index is 8.62. The standard InChI is InChI=1S/3C45H29N3O/c1-4-12-30(13-5-1)32-22-24-34(25-23-32)43-46-44(36-19-10-18-35(28-36)31-14-6-2-7-15-31)48-45(47-43)37-26-27-39-41(29-37)49-40-21-11-20-38(42(39)40)33-16-8-3-9-17-33;1-4-13-30(14-5-1)31-23-25-34(26-24-31)43-46-44(48-45(47-43)38-20-11-10-19-36(38)32-15-6-2-7-16-32)35-27-28-39-41(29-35)49-40-22-12-21-37(42(39)40)33-17-8-3-9-18-33;1-4-11-30(12-5-1)32-19-23-35(24-20-32)43-46-44(36-25-21-33(22-26-36)31-13-6-2-7-14-31)48-45(47-43)37-27-28-39-41(29-37)49-40-18-10-17-38(42(39)40)34-15-8-3-9-16-34/h3*1-29H/i;;3D,8D,9D,15D,16D. The molecule has 0 radical (unpaired) electrons. The van der Waals surface area contributed by atoms with Crippen molar-refractivity contribution in [2.45, 2.75) is 0 Å². The SMILES string of the molecule is [2H]c1c([2H])c([2H])c(-c2cccc3oc4cc(-c5nc(-c6ccc(-c7ccccc7)cc6)nc(-c6ccc(-c7ccccc7)cc6)n5)ccc4c23)c([2H])c1[2H].c1ccc(-c2ccc(-c3nc(-c4ccc5c(c4)oc4cccc(-c6ccccc6)c45)nc(-c4ccccc4-c4ccccc4)n3)cc2)cc1.c1ccc(-c2ccc(-c3nc(-c4cccc(-c5ccccc5)c4)nc(-c4ccc5c(c4)oc4cccc(-c6ccccc6)c45)n3)cc2)cc1. The highest BCUT2D eigenvalue weighted by atomic mass is 16.3. The van der Waals surface area contributed by atoms with Crippen LogP contribution in [0.1, 0.15) is 6.85 Å². The van der Waals surface area contributed by atoms with Crippen molar-refractivity contribution in [3.05, 3.63) is 528 Å². The summed E-state index contributed by atoms with van der Waals surface area (Å²) < 4.78 is 61.1. The van der Waals surface area contributed by atoms with Gasteiger partial charge in [0.15, 0.2) is 52.4 Å². The number of furan rings is 3. The molecule has 12 heteroatoms. The van der Waals surface area contributed by atoms with E-state index in [0.717, 1.165) is 177 Å². The Bertz CT molecular complexity index is 9680. The van der Waals surface area contributed by atoms with E-state index in [2.05, 4.69) is 328 Å². The van der Waals surface area contributed by atoms with E-state index < -0.39 is 6.04 Å². The molecule has 27 rings (SSSR count). The molecule has 0 atom stereocenters. The molecule has 147 heavy (non-hydrogen) atoms. The smallest absolute Gasteiger partial charge is 0.164 e. The van der Waals surface area contributed by atoms with Crippen molar-refractivity contribution >= 4 is 65.8 Å². The van der Waals surface area contributed by atoms with E-state index in [-0.39, 0.29) is 29.7 Å². The van der Waals surface area contributed by atoms with Crippen LogP contribution in [0.2, 0.25) is 0 Å². The lowest BCUT2D eigenvalue weighted by Crippen LogP contribution is -2.01. The van der Waals surface area contributed by atoms with Gasteiger partial charge in [0.05, 0.1) is 6.85 Å². The van der Waals surface area contributed by atoms with Gasteiger partial charge in [0, 0.05) is 82.4 Å². The first-order chi connectivity index (χ1) is 74.9. The van der Waals surface area contributed by atoms with Gasteiger partial charge in [-0.25, -0.2) is 44.9 Å². The zero-order valence-corrected chi connectivity index (χ0v) is 79.1. The summed E-state index contributed by atoms with van der Waals surface area (Å²) in [6.07, 6.45) is 0. The summed E-state index contributed by atoms with van der Waals surface area (Å²) in [6.45, 7) is 0. The Morgan fingerprint density at radius 1 is 0.129 bits per heavy atom. The molecular formula is C135H87N9O3. The molecule has 0 saturated heterocycles. The Hall–Kier alpha value is -20.0. The maximum absolute atomic E-state index is 8.62. The van der Waals surface area contributed by atoms with Crippen molar-refractivity contribution < 1.29 is 20.1 Å². The van der Waals surface area contributed by atoms with Gasteiger partial charge in [0.2, 0.25) is 0 Å². The minimum absolute atomic E-state index is 0.127. The summed E-state index contributed by atoms with van der Waals surface area (Å²) in [6, 6.07) is 167. The third-order valence-corrected chi connectivity index (χ3v) is 26.6. The first kappa shape index (κ1) is 82.9. The van der Waals surface area contributed by atoms with E-state index in [0.29, 0.717) is 80.1 Å². The molecule has 0 aliphatic heterocycles. The predicted octanol–water partition coefficient (Wildman–Crippen LogP) is 35.3. The molecular weight excluding hydrogens is 1800 g/mol. The molecule has 0 amide bonds. The fourth-order valence-corrected chi connectivity index (χ4v) is 19.3. The molecule has 21 aromatic carbocycles. The first-order valence-electron chi connectivity index (χ1n) is 51.2. The van der Waals surface area contributed by atoms with Gasteiger partial charge < -0.3 is 13.3 Å². The van der Waals surface area contributed by atoms with Crippen LogP contribution in [0.4, 0.5) is 0 Å². The summed E-state index contributed by atoms with van der Waals surface area (Å²) in [5, 5.41) is 5.70. The summed E-state index contributed by atoms with van der Waals surface area (Å²) in [5.41, 5.74) is 30.8. The molecule has 0 unspecified atom stereocenters. The monoisotopic (exact) mass is 1890 g/mol. The molecule has 0 bridgehead atoms. The molecule has 6 aromatic heterocycles. The van der Waals surface area contributed by atoms with Crippen LogP contribution >= 0.6 is 0 Å². The zero-order chi connectivity index (χ0) is 102. The molecule has 0 spiro atoms. The summed E-state index contributed by atoms with van der Waals surface area (Å²) in [4.78, 5) is 45.3. The Morgan fingerprint density at radius 2 is 0.333 bits per heavy atom. The van der Waals surface area contributed by atoms with Crippen LogP contribution in [0.3, 0.4) is 0 Å². The Kier molecular flexibility index (Phi) is 22.3. The fraction of sp³-hybridized carbons (Fsp3) is 0. The van der Waals surface area contributed by atoms with Gasteiger partial charge in [0.25, 0.3) is 0 Å². The lowest BCUT2D eigenvalue weighted by Gasteiger charge is -2.12. The Labute approximate surface area is 855 Å². The Balaban J connectivity index is 0.000000118. The summed E-state index contributed by atoms with van der Waals surface area (Å²) in [5.74, 6) is 5.12. The highest BCUT2D eigenvalue weighted by Crippen LogP contribution is 2.45. The molecule has 0 fully saturated rings. The lowest BCUT2D eigenvalue weighted by atomic mass is 9.98. The second kappa shape index (κ2) is 39.6. The molecule has 690 valence electrons. The van der Waals surface area contributed by atoms with Crippen molar-refractivity contribution in [2.24, 2.45) is 0 Å². The van der Waals surface area contributed by atoms with Crippen molar-refractivity contribution in [3.8, 4) is 203 Å². The van der Waals surface area contributed by atoms with E-state index in [1.807, 2.05) is 158 Å². The number of rotatable bonds is 18. The normalized spacial score (nSPS) is 11.7. The number of hydrogen-bond donors (Lipinski definition) is 0. The quantitative estimate of drug-likeness (QED) is 0.0803. The first-order valence-corrected chi connectivity index (χ1v) is 48.7. The molecule has 0 saturated carbocycles. The molecule has 0 aliphatic carbocycles. The highest BCUT2D eigenvalue weighted by Gasteiger charge is 2.24. The van der Waals surface area contributed by atoms with Gasteiger partial charge in [-0.3, -0.25) is 0 Å². The van der Waals surface area contributed by atoms with Gasteiger partial charge in [0.1, 0.15) is 33.5 Å². The topological polar surface area (TPSA) is 155 Å². The average molecular weight is 1890 g/mol. The minimum atomic E-state index is -0.432. The number of fused-ring (bicyclic) bond motifs is 9. The molecule has 27 aromatic rings. The largest absolute Gasteiger partial charge is 0.456 e. The van der Waals surface area contributed by atoms with Crippen LogP contribution in [0.25, 0.3) is 268 Å². The highest BCUT2D eigenvalue weighted by molar-refractivity contribution is 6.16. The van der Waals surface area contributed by atoms with E-state index in [1.165, 1.54) is 5.56 Å². The second-order valence-corrected chi connectivity index (χ2v) is 35.8. The average Bonchev–Trinajstić information content (AvgIpc) is 1.64. The van der Waals surface area contributed by atoms with Crippen molar-refractivity contribution in [1.82, 2.24) is 44.9 Å². The van der Waals surface area contributed by atoms with Crippen LogP contribution < -0.4 is 0 Å².